The molecule has 0 radical (unpaired) electrons. The van der Waals surface area contributed by atoms with Gasteiger partial charge in [-0.25, -0.2) is 0 Å². The van der Waals surface area contributed by atoms with Crippen LogP contribution in [-0.4, -0.2) is 199 Å². The van der Waals surface area contributed by atoms with Crippen molar-refractivity contribution in [3.05, 3.63) is 29.8 Å². The first-order valence-electron chi connectivity index (χ1n) is 25.4. The molecule has 14 N–H and O–H groups in total. The molecule has 0 aromatic heterocycles. The molecule has 3 fully saturated rings. The van der Waals surface area contributed by atoms with Gasteiger partial charge in [-0.1, -0.05) is 26.0 Å². The lowest BCUT2D eigenvalue weighted by Crippen LogP contribution is -2.72. The highest BCUT2D eigenvalue weighted by Crippen LogP contribution is 2.29. The normalized spacial score (nSPS) is 21.0. The average Bonchev–Trinajstić information content (AvgIpc) is 4.16. The Labute approximate surface area is 435 Å². The highest BCUT2D eigenvalue weighted by Gasteiger charge is 2.47. The molecule has 3 saturated heterocycles. The monoisotopic (exact) mass is 1060 g/mol. The fraction of sp³-hybridized carbons (Fsp3) is 0.653. The fourth-order valence-electron chi connectivity index (χ4n) is 9.17. The minimum Gasteiger partial charge on any atom is -0.508 e. The number of likely N-dealkylation sites (tertiary alicyclic amines) is 3. The second-order valence-corrected chi connectivity index (χ2v) is 20.1. The third-order valence-electron chi connectivity index (χ3n) is 13.5. The molecule has 416 valence electrons. The van der Waals surface area contributed by atoms with Gasteiger partial charge in [0.2, 0.25) is 53.2 Å². The van der Waals surface area contributed by atoms with E-state index in [4.69, 9.17) is 5.11 Å². The van der Waals surface area contributed by atoms with E-state index in [0.29, 0.717) is 37.7 Å². The Balaban J connectivity index is 1.41. The number of carboxylic acids is 1. The molecule has 3 heterocycles. The summed E-state index contributed by atoms with van der Waals surface area (Å²) in [6.45, 7) is 10.2. The number of amides is 10. The van der Waals surface area contributed by atoms with Crippen LogP contribution in [0.3, 0.4) is 0 Å². The summed E-state index contributed by atoms with van der Waals surface area (Å²) in [6.07, 6.45) is -0.314. The summed E-state index contributed by atoms with van der Waals surface area (Å²) in [5, 5.41) is 56.4. The van der Waals surface area contributed by atoms with Crippen molar-refractivity contribution in [3.8, 4) is 5.75 Å². The standard InChI is InChI=1S/C49H75N11O15/c1-24(2)21-32(42(68)51-23-37(64)65)56-46(72)39(29(7)62)57-41(67)26(4)52-43(69)33(22-30-14-16-31(63)17-15-30)55-40(66)25(3)53-44(70)34-11-8-18-58(34)48(74)36-13-10-20-60(36)49(75)35-12-9-19-59(35)47(73)27(5)54-45(71)38(50)28(6)61/h14-17,24-29,32-36,38-39,61-63H,8-13,18-23,50H2,1-7H3,(H,51,68)(H,52,69)(H,53,70)(H,54,71)(H,55,66)(H,56,72)(H,57,67)(H,64,65)/p+1/t25-,26-,27-,28+,29+,32-,33-,34-,35-,36-,38-,39-/m0/s1. The van der Waals surface area contributed by atoms with Crippen LogP contribution in [0.2, 0.25) is 0 Å². The number of carbonyl (C=O) groups excluding carboxylic acids is 10. The van der Waals surface area contributed by atoms with Gasteiger partial charge < -0.3 is 78.1 Å². The fourth-order valence-corrected chi connectivity index (χ4v) is 9.17. The molecular weight excluding hydrogens is 983 g/mol. The summed E-state index contributed by atoms with van der Waals surface area (Å²) in [6, 6.07) is -6.07. The van der Waals surface area contributed by atoms with Crippen molar-refractivity contribution in [3.63, 3.8) is 0 Å². The number of aliphatic hydroxyl groups excluding tert-OH is 2. The van der Waals surface area contributed by atoms with E-state index in [-0.39, 0.29) is 50.6 Å². The van der Waals surface area contributed by atoms with Crippen molar-refractivity contribution in [1.29, 1.82) is 0 Å². The maximum atomic E-state index is 14.3. The molecule has 3 aliphatic heterocycles. The maximum absolute atomic E-state index is 14.3. The zero-order valence-corrected chi connectivity index (χ0v) is 43.6. The summed E-state index contributed by atoms with van der Waals surface area (Å²) in [7, 11) is 0. The number of benzene rings is 1. The molecule has 10 amide bonds. The molecule has 0 saturated carbocycles. The molecule has 1 aromatic carbocycles. The number of nitrogens with one attached hydrogen (secondary N) is 7. The molecule has 3 aliphatic rings. The zero-order valence-electron chi connectivity index (χ0n) is 43.6. The number of phenolic OH excluding ortho intramolecular Hbond substituents is 1. The Morgan fingerprint density at radius 2 is 1.07 bits per heavy atom. The first-order chi connectivity index (χ1) is 35.2. The third kappa shape index (κ3) is 16.8. The number of rotatable bonds is 24. The van der Waals surface area contributed by atoms with Gasteiger partial charge in [-0.15, -0.1) is 0 Å². The molecule has 75 heavy (non-hydrogen) atoms. The number of phenols is 1. The third-order valence-corrected chi connectivity index (χ3v) is 13.5. The van der Waals surface area contributed by atoms with Crippen molar-refractivity contribution in [2.45, 2.75) is 172 Å². The topological polar surface area (TPSA) is 390 Å². The van der Waals surface area contributed by atoms with Gasteiger partial charge in [-0.2, -0.15) is 0 Å². The van der Waals surface area contributed by atoms with Gasteiger partial charge in [-0.3, -0.25) is 52.7 Å². The number of nitrogens with zero attached hydrogens (tertiary/aromatic N) is 3. The lowest BCUT2D eigenvalue weighted by atomic mass is 10.0. The second-order valence-electron chi connectivity index (χ2n) is 20.1. The van der Waals surface area contributed by atoms with E-state index in [9.17, 15) is 68.1 Å². The number of hydrogen-bond donors (Lipinski definition) is 12. The Bertz CT molecular complexity index is 2260. The molecule has 26 heteroatoms. The van der Waals surface area contributed by atoms with E-state index < -0.39 is 144 Å². The van der Waals surface area contributed by atoms with Crippen molar-refractivity contribution < 1.29 is 78.9 Å². The van der Waals surface area contributed by atoms with E-state index in [1.54, 1.807) is 13.8 Å². The van der Waals surface area contributed by atoms with Gasteiger partial charge in [0.25, 0.3) is 5.91 Å². The number of aromatic hydroxyl groups is 1. The molecule has 0 bridgehead atoms. The van der Waals surface area contributed by atoms with Crippen LogP contribution in [0.4, 0.5) is 0 Å². The van der Waals surface area contributed by atoms with Gasteiger partial charge in [0.15, 0.2) is 6.04 Å². The molecular formula is C49H76N11O15+. The number of aliphatic carboxylic acids is 1. The Morgan fingerprint density at radius 3 is 1.61 bits per heavy atom. The van der Waals surface area contributed by atoms with E-state index in [1.165, 1.54) is 73.6 Å². The minimum absolute atomic E-state index is 0.0749. The lowest BCUT2D eigenvalue weighted by Gasteiger charge is -2.34. The van der Waals surface area contributed by atoms with Crippen molar-refractivity contribution in [2.75, 3.05) is 26.2 Å². The SMILES string of the molecule is CC(C)C[C@H](NC(=O)[C@@H](NC(=O)[C@H](C)NC(=O)[C@H](Cc1ccc(O)cc1)NC(=O)[C@H](C)NC(=O)[C@@H]1CCCN1C(=O)[C@@H]1CCCN1C(=O)[C@@H]1CCCN1C(=O)[C@H](C)NC(=O)[C@@H]([NH3+])[C@@H](C)O)[C@@H](C)O)C(=O)NCC(=O)O. The minimum atomic E-state index is -1.64. The Kier molecular flexibility index (Phi) is 22.3. The Hall–Kier alpha value is -6.93. The molecule has 12 atom stereocenters. The lowest BCUT2D eigenvalue weighted by molar-refractivity contribution is -0.419. The first kappa shape index (κ1) is 60.6. The van der Waals surface area contributed by atoms with Crippen LogP contribution in [0.1, 0.15) is 99.0 Å². The van der Waals surface area contributed by atoms with Gasteiger partial charge in [0.1, 0.15) is 72.8 Å². The number of carboxylic acid groups (broad SMARTS) is 1. The van der Waals surface area contributed by atoms with Crippen LogP contribution >= 0.6 is 0 Å². The van der Waals surface area contributed by atoms with Gasteiger partial charge in [-0.05, 0) is 103 Å². The zero-order chi connectivity index (χ0) is 56.0. The van der Waals surface area contributed by atoms with Crippen LogP contribution in [0.25, 0.3) is 0 Å². The average molecular weight is 1060 g/mol. The van der Waals surface area contributed by atoms with Crippen molar-refractivity contribution in [1.82, 2.24) is 51.9 Å². The molecule has 4 rings (SSSR count). The number of quaternary nitrogens is 1. The molecule has 26 nitrogen and oxygen atoms in total. The van der Waals surface area contributed by atoms with Crippen LogP contribution in [0.5, 0.6) is 5.75 Å². The van der Waals surface area contributed by atoms with Crippen LogP contribution in [0, 0.1) is 5.92 Å². The van der Waals surface area contributed by atoms with E-state index in [1.807, 2.05) is 0 Å². The molecule has 0 unspecified atom stereocenters. The van der Waals surface area contributed by atoms with E-state index in [2.05, 4.69) is 43.0 Å². The number of aliphatic hydroxyl groups is 2. The molecule has 0 aliphatic carbocycles. The van der Waals surface area contributed by atoms with Crippen molar-refractivity contribution in [2.24, 2.45) is 5.92 Å². The first-order valence-corrected chi connectivity index (χ1v) is 25.4. The van der Waals surface area contributed by atoms with Crippen LogP contribution in [-0.2, 0) is 59.2 Å². The highest BCUT2D eigenvalue weighted by molar-refractivity contribution is 5.99. The summed E-state index contributed by atoms with van der Waals surface area (Å²) in [5.74, 6) is -8.62. The largest absolute Gasteiger partial charge is 0.508 e. The number of hydrogen-bond acceptors (Lipinski definition) is 14. The smallest absolute Gasteiger partial charge is 0.322 e. The summed E-state index contributed by atoms with van der Waals surface area (Å²) < 4.78 is 0. The predicted octanol–water partition coefficient (Wildman–Crippen LogP) is -4.50. The second kappa shape index (κ2) is 27.6. The highest BCUT2D eigenvalue weighted by atomic mass is 16.4. The van der Waals surface area contributed by atoms with Gasteiger partial charge in [0.05, 0.1) is 6.10 Å². The number of carbonyl (C=O) groups is 11. The van der Waals surface area contributed by atoms with Crippen LogP contribution < -0.4 is 43.0 Å². The summed E-state index contributed by atoms with van der Waals surface area (Å²) in [4.78, 5) is 151. The predicted molar refractivity (Wildman–Crippen MR) is 265 cm³/mol. The van der Waals surface area contributed by atoms with E-state index >= 15 is 0 Å². The van der Waals surface area contributed by atoms with Gasteiger partial charge >= 0.3 is 5.97 Å². The summed E-state index contributed by atoms with van der Waals surface area (Å²) >= 11 is 0. The molecule has 0 spiro atoms. The van der Waals surface area contributed by atoms with Gasteiger partial charge in [0, 0.05) is 26.1 Å². The Morgan fingerprint density at radius 1 is 0.573 bits per heavy atom. The maximum Gasteiger partial charge on any atom is 0.322 e. The van der Waals surface area contributed by atoms with Crippen LogP contribution in [0.15, 0.2) is 24.3 Å². The van der Waals surface area contributed by atoms with Crippen molar-refractivity contribution >= 4 is 65.0 Å². The van der Waals surface area contributed by atoms with E-state index in [0.717, 1.165) is 0 Å². The summed E-state index contributed by atoms with van der Waals surface area (Å²) in [5.41, 5.74) is 4.10. The molecule has 1 aromatic rings. The quantitative estimate of drug-likeness (QED) is 0.0464.